The van der Waals surface area contributed by atoms with Gasteiger partial charge in [0, 0.05) is 17.8 Å². The lowest BCUT2D eigenvalue weighted by Gasteiger charge is -2.22. The van der Waals surface area contributed by atoms with Gasteiger partial charge in [-0.2, -0.15) is 0 Å². The quantitative estimate of drug-likeness (QED) is 0.801. The Balaban J connectivity index is 2.00. The van der Waals surface area contributed by atoms with E-state index in [1.165, 1.54) is 7.11 Å². The Hall–Kier alpha value is -2.66. The number of rotatable bonds is 4. The van der Waals surface area contributed by atoms with Crippen LogP contribution in [-0.4, -0.2) is 32.1 Å². The second-order valence-corrected chi connectivity index (χ2v) is 5.95. The van der Waals surface area contributed by atoms with Crippen LogP contribution in [-0.2, 0) is 20.9 Å². The van der Waals surface area contributed by atoms with Crippen LogP contribution in [0.2, 0.25) is 0 Å². The Morgan fingerprint density at radius 3 is 2.72 bits per heavy atom. The lowest BCUT2D eigenvalue weighted by atomic mass is 9.99. The second kappa shape index (κ2) is 7.49. The standard InChI is InChI=1S/C20H21NO4/c1-3-9-21-18-8-7-15(11-17(18)12-25-13-19(21)22)14-5-4-6-16(10-14)20(23)24-2/h4-8,10-11H,3,9,12-13H2,1-2H3. The molecule has 0 spiro atoms. The molecule has 25 heavy (non-hydrogen) atoms. The van der Waals surface area contributed by atoms with E-state index in [2.05, 4.69) is 0 Å². The van der Waals surface area contributed by atoms with E-state index in [0.717, 1.165) is 28.8 Å². The lowest BCUT2D eigenvalue weighted by Crippen LogP contribution is -2.33. The van der Waals surface area contributed by atoms with Crippen molar-refractivity contribution in [2.45, 2.75) is 20.0 Å². The molecule has 1 amide bonds. The molecule has 2 aromatic rings. The first kappa shape index (κ1) is 17.2. The minimum absolute atomic E-state index is 0.0129. The predicted molar refractivity (Wildman–Crippen MR) is 95.5 cm³/mol. The molecule has 0 radical (unpaired) electrons. The monoisotopic (exact) mass is 339 g/mol. The Labute approximate surface area is 147 Å². The molecule has 1 heterocycles. The molecule has 5 nitrogen and oxygen atoms in total. The summed E-state index contributed by atoms with van der Waals surface area (Å²) in [5, 5.41) is 0. The molecule has 0 saturated heterocycles. The second-order valence-electron chi connectivity index (χ2n) is 5.95. The summed E-state index contributed by atoms with van der Waals surface area (Å²) in [7, 11) is 1.37. The molecule has 0 saturated carbocycles. The first-order valence-electron chi connectivity index (χ1n) is 8.34. The third-order valence-corrected chi connectivity index (χ3v) is 4.22. The number of hydrogen-bond acceptors (Lipinski definition) is 4. The van der Waals surface area contributed by atoms with Gasteiger partial charge >= 0.3 is 5.97 Å². The Kier molecular flexibility index (Phi) is 5.14. The molecule has 0 fully saturated rings. The maximum atomic E-state index is 12.2. The first-order chi connectivity index (χ1) is 12.1. The molecule has 3 rings (SSSR count). The minimum Gasteiger partial charge on any atom is -0.465 e. The molecule has 0 N–H and O–H groups in total. The maximum Gasteiger partial charge on any atom is 0.337 e. The Bertz CT molecular complexity index is 800. The van der Waals surface area contributed by atoms with Crippen LogP contribution in [0.5, 0.6) is 0 Å². The number of carbonyl (C=O) groups excluding carboxylic acids is 2. The fraction of sp³-hybridized carbons (Fsp3) is 0.300. The van der Waals surface area contributed by atoms with E-state index in [1.807, 2.05) is 37.3 Å². The summed E-state index contributed by atoms with van der Waals surface area (Å²) >= 11 is 0. The van der Waals surface area contributed by atoms with Crippen LogP contribution in [0.25, 0.3) is 11.1 Å². The maximum absolute atomic E-state index is 12.2. The van der Waals surface area contributed by atoms with Gasteiger partial charge in [-0.3, -0.25) is 4.79 Å². The number of benzene rings is 2. The third-order valence-electron chi connectivity index (χ3n) is 4.22. The van der Waals surface area contributed by atoms with Gasteiger partial charge in [-0.25, -0.2) is 4.79 Å². The lowest BCUT2D eigenvalue weighted by molar-refractivity contribution is -0.123. The van der Waals surface area contributed by atoms with Gasteiger partial charge in [0.2, 0.25) is 0 Å². The van der Waals surface area contributed by atoms with Crippen molar-refractivity contribution in [3.8, 4) is 11.1 Å². The van der Waals surface area contributed by atoms with E-state index in [9.17, 15) is 9.59 Å². The number of ether oxygens (including phenoxy) is 2. The smallest absolute Gasteiger partial charge is 0.337 e. The van der Waals surface area contributed by atoms with Crippen LogP contribution in [0.4, 0.5) is 5.69 Å². The molecule has 2 aromatic carbocycles. The van der Waals surface area contributed by atoms with Gasteiger partial charge in [0.15, 0.2) is 0 Å². The van der Waals surface area contributed by atoms with Gasteiger partial charge in [-0.15, -0.1) is 0 Å². The number of nitrogens with zero attached hydrogens (tertiary/aromatic N) is 1. The van der Waals surface area contributed by atoms with Gasteiger partial charge in [0.1, 0.15) is 6.61 Å². The van der Waals surface area contributed by atoms with Crippen molar-refractivity contribution in [2.75, 3.05) is 25.2 Å². The largest absolute Gasteiger partial charge is 0.465 e. The topological polar surface area (TPSA) is 55.8 Å². The number of hydrogen-bond donors (Lipinski definition) is 0. The van der Waals surface area contributed by atoms with Gasteiger partial charge in [-0.1, -0.05) is 25.1 Å². The van der Waals surface area contributed by atoms with Crippen molar-refractivity contribution < 1.29 is 19.1 Å². The van der Waals surface area contributed by atoms with E-state index in [-0.39, 0.29) is 18.5 Å². The van der Waals surface area contributed by atoms with Crippen LogP contribution in [0.3, 0.4) is 0 Å². The molecule has 0 unspecified atom stereocenters. The zero-order valence-corrected chi connectivity index (χ0v) is 14.5. The van der Waals surface area contributed by atoms with Gasteiger partial charge in [-0.05, 0) is 41.8 Å². The van der Waals surface area contributed by atoms with Crippen molar-refractivity contribution in [1.82, 2.24) is 0 Å². The third kappa shape index (κ3) is 3.56. The Morgan fingerprint density at radius 2 is 1.96 bits per heavy atom. The molecule has 130 valence electrons. The molecule has 0 atom stereocenters. The van der Waals surface area contributed by atoms with E-state index in [0.29, 0.717) is 18.7 Å². The molecule has 0 aliphatic carbocycles. The fourth-order valence-electron chi connectivity index (χ4n) is 3.02. The first-order valence-corrected chi connectivity index (χ1v) is 8.34. The van der Waals surface area contributed by atoms with Crippen molar-refractivity contribution in [2.24, 2.45) is 0 Å². The van der Waals surface area contributed by atoms with E-state index >= 15 is 0 Å². The SMILES string of the molecule is CCCN1C(=O)COCc2cc(-c3cccc(C(=O)OC)c3)ccc21. The van der Waals surface area contributed by atoms with Crippen LogP contribution in [0.15, 0.2) is 42.5 Å². The van der Waals surface area contributed by atoms with Crippen molar-refractivity contribution in [1.29, 1.82) is 0 Å². The number of fused-ring (bicyclic) bond motifs is 1. The zero-order valence-electron chi connectivity index (χ0n) is 14.5. The molecule has 1 aliphatic rings. The molecule has 0 bridgehead atoms. The molecule has 5 heteroatoms. The average molecular weight is 339 g/mol. The normalized spacial score (nSPS) is 14.0. The van der Waals surface area contributed by atoms with Gasteiger partial charge in [0.25, 0.3) is 5.91 Å². The highest BCUT2D eigenvalue weighted by atomic mass is 16.5. The highest BCUT2D eigenvalue weighted by molar-refractivity contribution is 5.96. The summed E-state index contributed by atoms with van der Waals surface area (Å²) < 4.78 is 10.3. The van der Waals surface area contributed by atoms with E-state index < -0.39 is 0 Å². The molecular formula is C20H21NO4. The number of methoxy groups -OCH3 is 1. The zero-order chi connectivity index (χ0) is 17.8. The molecular weight excluding hydrogens is 318 g/mol. The fourth-order valence-corrected chi connectivity index (χ4v) is 3.02. The van der Waals surface area contributed by atoms with Crippen LogP contribution < -0.4 is 4.90 Å². The summed E-state index contributed by atoms with van der Waals surface area (Å²) in [6, 6.07) is 13.3. The van der Waals surface area contributed by atoms with Crippen LogP contribution in [0.1, 0.15) is 29.3 Å². The van der Waals surface area contributed by atoms with Crippen LogP contribution in [0, 0.1) is 0 Å². The minimum atomic E-state index is -0.361. The van der Waals surface area contributed by atoms with Crippen molar-refractivity contribution in [3.63, 3.8) is 0 Å². The summed E-state index contributed by atoms with van der Waals surface area (Å²) in [5.74, 6) is -0.374. The highest BCUT2D eigenvalue weighted by Gasteiger charge is 2.22. The van der Waals surface area contributed by atoms with Crippen molar-refractivity contribution in [3.05, 3.63) is 53.6 Å². The molecule has 1 aliphatic heterocycles. The molecule has 0 aromatic heterocycles. The van der Waals surface area contributed by atoms with E-state index in [4.69, 9.17) is 9.47 Å². The van der Waals surface area contributed by atoms with Gasteiger partial charge < -0.3 is 14.4 Å². The average Bonchev–Trinajstić information content (AvgIpc) is 2.80. The number of amides is 1. The number of esters is 1. The van der Waals surface area contributed by atoms with E-state index in [1.54, 1.807) is 17.0 Å². The van der Waals surface area contributed by atoms with Gasteiger partial charge in [0.05, 0.1) is 19.3 Å². The number of anilines is 1. The highest BCUT2D eigenvalue weighted by Crippen LogP contribution is 2.30. The summed E-state index contributed by atoms with van der Waals surface area (Å²) in [6.07, 6.45) is 0.883. The summed E-state index contributed by atoms with van der Waals surface area (Å²) in [4.78, 5) is 25.8. The predicted octanol–water partition coefficient (Wildman–Crippen LogP) is 3.41. The Morgan fingerprint density at radius 1 is 1.16 bits per heavy atom. The number of carbonyl (C=O) groups is 2. The van der Waals surface area contributed by atoms with Crippen molar-refractivity contribution >= 4 is 17.6 Å². The van der Waals surface area contributed by atoms with Crippen LogP contribution >= 0.6 is 0 Å². The summed E-state index contributed by atoms with van der Waals surface area (Å²) in [5.41, 5.74) is 4.27. The summed E-state index contributed by atoms with van der Waals surface area (Å²) in [6.45, 7) is 3.21.